The van der Waals surface area contributed by atoms with E-state index >= 15 is 0 Å². The first kappa shape index (κ1) is 19.1. The third-order valence-corrected chi connectivity index (χ3v) is 4.22. The summed E-state index contributed by atoms with van der Waals surface area (Å²) in [5.41, 5.74) is 0.927. The van der Waals surface area contributed by atoms with Crippen molar-refractivity contribution in [1.82, 2.24) is 10.6 Å². The Morgan fingerprint density at radius 2 is 1.84 bits per heavy atom. The molecule has 0 saturated heterocycles. The zero-order valence-corrected chi connectivity index (χ0v) is 15.2. The number of hydrogen-bond donors (Lipinski definition) is 2. The van der Waals surface area contributed by atoms with Crippen molar-refractivity contribution in [3.8, 4) is 0 Å². The summed E-state index contributed by atoms with van der Waals surface area (Å²) in [6, 6.07) is 10.9. The van der Waals surface area contributed by atoms with E-state index < -0.39 is 0 Å². The molecule has 2 N–H and O–H groups in total. The fourth-order valence-corrected chi connectivity index (χ4v) is 2.48. The van der Waals surface area contributed by atoms with Gasteiger partial charge in [-0.05, 0) is 36.2 Å². The molecule has 25 heavy (non-hydrogen) atoms. The normalized spacial score (nSPS) is 11.2. The number of nitrogens with one attached hydrogen (secondary N) is 2. The van der Waals surface area contributed by atoms with Crippen molar-refractivity contribution in [2.24, 2.45) is 0 Å². The van der Waals surface area contributed by atoms with Crippen LogP contribution in [0.4, 0.5) is 0 Å². The van der Waals surface area contributed by atoms with E-state index in [9.17, 15) is 9.59 Å². The molecule has 0 unspecified atom stereocenters. The second kappa shape index (κ2) is 8.72. The Kier molecular flexibility index (Phi) is 6.65. The summed E-state index contributed by atoms with van der Waals surface area (Å²) in [6.45, 7) is 5.10. The van der Waals surface area contributed by atoms with E-state index in [1.165, 1.54) is 6.26 Å². The number of rotatable bonds is 8. The van der Waals surface area contributed by atoms with E-state index in [1.54, 1.807) is 12.1 Å². The molecular weight excluding hydrogens is 340 g/mol. The standard InChI is InChI=1S/C19H23ClN2O3/c1-19(2,14-7-9-15(20)10-8-14)13-22-17(23)6-3-11-21-18(24)16-5-4-12-25-16/h4-5,7-10,12H,3,6,11,13H2,1-2H3,(H,21,24)(H,22,23). The molecule has 6 heteroatoms. The van der Waals surface area contributed by atoms with Crippen LogP contribution in [-0.2, 0) is 10.2 Å². The average Bonchev–Trinajstić information content (AvgIpc) is 3.12. The molecule has 1 aromatic heterocycles. The maximum Gasteiger partial charge on any atom is 0.286 e. The molecule has 0 radical (unpaired) electrons. The monoisotopic (exact) mass is 362 g/mol. The van der Waals surface area contributed by atoms with Gasteiger partial charge in [0.2, 0.25) is 5.91 Å². The van der Waals surface area contributed by atoms with Crippen LogP contribution in [0, 0.1) is 0 Å². The SMILES string of the molecule is CC(C)(CNC(=O)CCCNC(=O)c1ccco1)c1ccc(Cl)cc1. The quantitative estimate of drug-likeness (QED) is 0.705. The van der Waals surface area contributed by atoms with Gasteiger partial charge in [-0.25, -0.2) is 0 Å². The number of amides is 2. The molecular formula is C19H23ClN2O3. The first-order valence-corrected chi connectivity index (χ1v) is 8.61. The van der Waals surface area contributed by atoms with Gasteiger partial charge in [-0.1, -0.05) is 37.6 Å². The molecule has 0 atom stereocenters. The van der Waals surface area contributed by atoms with Crippen LogP contribution in [0.3, 0.4) is 0 Å². The maximum absolute atomic E-state index is 12.0. The van der Waals surface area contributed by atoms with Crippen molar-refractivity contribution in [2.75, 3.05) is 13.1 Å². The summed E-state index contributed by atoms with van der Waals surface area (Å²) < 4.78 is 5.00. The first-order chi connectivity index (χ1) is 11.9. The lowest BCUT2D eigenvalue weighted by atomic mass is 9.84. The Hall–Kier alpha value is -2.27. The van der Waals surface area contributed by atoms with E-state index in [0.717, 1.165) is 5.56 Å². The van der Waals surface area contributed by atoms with Crippen molar-refractivity contribution in [3.63, 3.8) is 0 Å². The Balaban J connectivity index is 1.68. The number of furan rings is 1. The number of carbonyl (C=O) groups is 2. The Bertz CT molecular complexity index is 694. The minimum Gasteiger partial charge on any atom is -0.459 e. The van der Waals surface area contributed by atoms with Crippen molar-refractivity contribution >= 4 is 23.4 Å². The molecule has 0 aliphatic rings. The predicted octanol–water partition coefficient (Wildman–Crippen LogP) is 3.54. The van der Waals surface area contributed by atoms with Gasteiger partial charge in [-0.3, -0.25) is 9.59 Å². The minimum absolute atomic E-state index is 0.0331. The predicted molar refractivity (Wildman–Crippen MR) is 97.8 cm³/mol. The highest BCUT2D eigenvalue weighted by molar-refractivity contribution is 6.30. The van der Waals surface area contributed by atoms with Gasteiger partial charge in [0.05, 0.1) is 6.26 Å². The van der Waals surface area contributed by atoms with Gasteiger partial charge in [-0.2, -0.15) is 0 Å². The highest BCUT2D eigenvalue weighted by Gasteiger charge is 2.21. The number of halogens is 1. The van der Waals surface area contributed by atoms with E-state index in [0.29, 0.717) is 31.0 Å². The molecule has 0 aliphatic carbocycles. The number of carbonyl (C=O) groups excluding carboxylic acids is 2. The third kappa shape index (κ3) is 5.94. The molecule has 2 aromatic rings. The Labute approximate surface area is 152 Å². The summed E-state index contributed by atoms with van der Waals surface area (Å²) in [5, 5.41) is 6.36. The topological polar surface area (TPSA) is 71.3 Å². The third-order valence-electron chi connectivity index (χ3n) is 3.96. The van der Waals surface area contributed by atoms with Crippen molar-refractivity contribution in [1.29, 1.82) is 0 Å². The number of benzene rings is 1. The van der Waals surface area contributed by atoms with Crippen molar-refractivity contribution < 1.29 is 14.0 Å². The van der Waals surface area contributed by atoms with Crippen LogP contribution in [0.5, 0.6) is 0 Å². The Morgan fingerprint density at radius 1 is 1.12 bits per heavy atom. The summed E-state index contributed by atoms with van der Waals surface area (Å²) >= 11 is 5.91. The molecule has 134 valence electrons. The molecule has 1 aromatic carbocycles. The van der Waals surface area contributed by atoms with E-state index in [2.05, 4.69) is 24.5 Å². The lowest BCUT2D eigenvalue weighted by Gasteiger charge is -2.25. The molecule has 0 aliphatic heterocycles. The largest absolute Gasteiger partial charge is 0.459 e. The van der Waals surface area contributed by atoms with Crippen molar-refractivity contribution in [3.05, 3.63) is 59.0 Å². The fraction of sp³-hybridized carbons (Fsp3) is 0.368. The molecule has 1 heterocycles. The highest BCUT2D eigenvalue weighted by Crippen LogP contribution is 2.23. The zero-order valence-electron chi connectivity index (χ0n) is 14.5. The van der Waals surface area contributed by atoms with Crippen LogP contribution in [0.25, 0.3) is 0 Å². The van der Waals surface area contributed by atoms with Gasteiger partial charge in [0.1, 0.15) is 0 Å². The lowest BCUT2D eigenvalue weighted by molar-refractivity contribution is -0.121. The van der Waals surface area contributed by atoms with Crippen LogP contribution in [0.2, 0.25) is 5.02 Å². The molecule has 2 rings (SSSR count). The van der Waals surface area contributed by atoms with Gasteiger partial charge in [0.15, 0.2) is 5.76 Å². The van der Waals surface area contributed by atoms with Crippen LogP contribution >= 0.6 is 11.6 Å². The first-order valence-electron chi connectivity index (χ1n) is 8.23. The van der Waals surface area contributed by atoms with Crippen LogP contribution in [-0.4, -0.2) is 24.9 Å². The van der Waals surface area contributed by atoms with Crippen LogP contribution in [0.1, 0.15) is 42.8 Å². The van der Waals surface area contributed by atoms with Crippen LogP contribution < -0.4 is 10.6 Å². The Morgan fingerprint density at radius 3 is 2.48 bits per heavy atom. The van der Waals surface area contributed by atoms with E-state index in [4.69, 9.17) is 16.0 Å². The van der Waals surface area contributed by atoms with Gasteiger partial charge in [-0.15, -0.1) is 0 Å². The lowest BCUT2D eigenvalue weighted by Crippen LogP contribution is -2.37. The summed E-state index contributed by atoms with van der Waals surface area (Å²) in [4.78, 5) is 23.7. The summed E-state index contributed by atoms with van der Waals surface area (Å²) in [7, 11) is 0. The average molecular weight is 363 g/mol. The molecule has 0 fully saturated rings. The summed E-state index contributed by atoms with van der Waals surface area (Å²) in [5.74, 6) is -0.0299. The van der Waals surface area contributed by atoms with Gasteiger partial charge >= 0.3 is 0 Å². The van der Waals surface area contributed by atoms with Gasteiger partial charge in [0.25, 0.3) is 5.91 Å². The van der Waals surface area contributed by atoms with E-state index in [1.807, 2.05) is 24.3 Å². The second-order valence-corrected chi connectivity index (χ2v) is 6.94. The van der Waals surface area contributed by atoms with Crippen molar-refractivity contribution in [2.45, 2.75) is 32.1 Å². The van der Waals surface area contributed by atoms with Gasteiger partial charge < -0.3 is 15.1 Å². The van der Waals surface area contributed by atoms with E-state index in [-0.39, 0.29) is 23.0 Å². The zero-order chi connectivity index (χ0) is 18.3. The number of hydrogen-bond acceptors (Lipinski definition) is 3. The molecule has 0 spiro atoms. The van der Waals surface area contributed by atoms with Gasteiger partial charge in [0, 0.05) is 29.9 Å². The maximum atomic E-state index is 12.0. The minimum atomic E-state index is -0.269. The second-order valence-electron chi connectivity index (χ2n) is 6.50. The molecule has 0 bridgehead atoms. The smallest absolute Gasteiger partial charge is 0.286 e. The molecule has 0 saturated carbocycles. The summed E-state index contributed by atoms with van der Waals surface area (Å²) in [6.07, 6.45) is 2.37. The molecule has 5 nitrogen and oxygen atoms in total. The molecule has 2 amide bonds. The fourth-order valence-electron chi connectivity index (χ4n) is 2.36. The van der Waals surface area contributed by atoms with Crippen LogP contribution in [0.15, 0.2) is 47.1 Å². The highest BCUT2D eigenvalue weighted by atomic mass is 35.5.